The summed E-state index contributed by atoms with van der Waals surface area (Å²) in [6.45, 7) is 1.35. The van der Waals surface area contributed by atoms with Crippen molar-refractivity contribution in [2.24, 2.45) is 0 Å². The zero-order valence-electron chi connectivity index (χ0n) is 10.3. The Morgan fingerprint density at radius 3 is 2.89 bits per heavy atom. The number of hydrogen-bond acceptors (Lipinski definition) is 5. The number of fused-ring (bicyclic) bond motifs is 1. The van der Waals surface area contributed by atoms with Gasteiger partial charge in [0.1, 0.15) is 6.04 Å². The van der Waals surface area contributed by atoms with Crippen molar-refractivity contribution in [1.29, 1.82) is 0 Å². The van der Waals surface area contributed by atoms with Crippen LogP contribution in [0.15, 0.2) is 0 Å². The van der Waals surface area contributed by atoms with Gasteiger partial charge in [0.15, 0.2) is 0 Å². The van der Waals surface area contributed by atoms with Crippen molar-refractivity contribution in [3.8, 4) is 0 Å². The molecule has 0 aromatic rings. The van der Waals surface area contributed by atoms with Gasteiger partial charge in [0.25, 0.3) is 0 Å². The molecule has 2 rings (SSSR count). The zero-order valence-corrected chi connectivity index (χ0v) is 11.1. The number of carbonyl (C=O) groups is 2. The third-order valence-electron chi connectivity index (χ3n) is 3.53. The van der Waals surface area contributed by atoms with Crippen LogP contribution in [0.25, 0.3) is 0 Å². The number of hydrogen-bond donors (Lipinski definition) is 3. The Kier molecular flexibility index (Phi) is 3.84. The van der Waals surface area contributed by atoms with Gasteiger partial charge in [-0.3, -0.25) is 9.59 Å². The van der Waals surface area contributed by atoms with E-state index >= 15 is 0 Å². The second-order valence-corrected chi connectivity index (χ2v) is 6.34. The predicted molar refractivity (Wildman–Crippen MR) is 66.8 cm³/mol. The first-order valence-corrected chi connectivity index (χ1v) is 6.98. The Bertz CT molecular complexity index is 361. The summed E-state index contributed by atoms with van der Waals surface area (Å²) in [6, 6.07) is -1.15. The fraction of sp³-hybridized carbons (Fsp3) is 0.818. The Hall–Kier alpha value is -0.790. The molecule has 7 heteroatoms. The van der Waals surface area contributed by atoms with Gasteiger partial charge in [-0.05, 0) is 13.3 Å². The third-order valence-corrected chi connectivity index (χ3v) is 5.04. The monoisotopic (exact) mass is 274 g/mol. The number of nitrogens with zero attached hydrogens (tertiary/aromatic N) is 1. The first-order chi connectivity index (χ1) is 8.51. The van der Waals surface area contributed by atoms with Gasteiger partial charge in [0, 0.05) is 12.2 Å². The van der Waals surface area contributed by atoms with Crippen LogP contribution in [0.4, 0.5) is 0 Å². The molecule has 2 atom stereocenters. The van der Waals surface area contributed by atoms with Crippen LogP contribution in [-0.2, 0) is 9.59 Å². The summed E-state index contributed by atoms with van der Waals surface area (Å²) >= 11 is 1.62. The van der Waals surface area contributed by atoms with E-state index in [4.69, 9.17) is 10.2 Å². The molecule has 18 heavy (non-hydrogen) atoms. The van der Waals surface area contributed by atoms with Crippen molar-refractivity contribution in [3.05, 3.63) is 0 Å². The maximum atomic E-state index is 12.1. The molecule has 0 aliphatic carbocycles. The largest absolute Gasteiger partial charge is 0.394 e. The van der Waals surface area contributed by atoms with E-state index in [1.165, 1.54) is 0 Å². The van der Waals surface area contributed by atoms with Gasteiger partial charge in [0.2, 0.25) is 11.8 Å². The third kappa shape index (κ3) is 2.22. The smallest absolute Gasteiger partial charge is 0.244 e. The molecular formula is C11H18N2O4S. The molecule has 2 aliphatic heterocycles. The van der Waals surface area contributed by atoms with Crippen molar-refractivity contribution in [3.63, 3.8) is 0 Å². The standard InChI is InChI=1S/C11H18N2O4S/c1-11-3-2-9(16)13(11)8(6-18-11)10(17)12-7(4-14)5-15/h7-8,14-15H,2-6H2,1H3,(H,12,17). The van der Waals surface area contributed by atoms with Crippen LogP contribution in [0.5, 0.6) is 0 Å². The van der Waals surface area contributed by atoms with Gasteiger partial charge in [-0.15, -0.1) is 11.8 Å². The van der Waals surface area contributed by atoms with Gasteiger partial charge in [-0.25, -0.2) is 0 Å². The molecule has 2 unspecified atom stereocenters. The van der Waals surface area contributed by atoms with Crippen molar-refractivity contribution in [2.75, 3.05) is 19.0 Å². The van der Waals surface area contributed by atoms with Crippen LogP contribution in [0, 0.1) is 0 Å². The van der Waals surface area contributed by atoms with Crippen LogP contribution in [0.2, 0.25) is 0 Å². The summed E-state index contributed by atoms with van der Waals surface area (Å²) in [5.74, 6) is 0.277. The van der Waals surface area contributed by atoms with Crippen LogP contribution in [0.3, 0.4) is 0 Å². The molecule has 0 radical (unpaired) electrons. The number of rotatable bonds is 4. The first kappa shape index (κ1) is 13.6. The highest BCUT2D eigenvalue weighted by molar-refractivity contribution is 8.01. The van der Waals surface area contributed by atoms with Crippen molar-refractivity contribution in [1.82, 2.24) is 10.2 Å². The van der Waals surface area contributed by atoms with E-state index in [1.54, 1.807) is 16.7 Å². The lowest BCUT2D eigenvalue weighted by atomic mass is 10.2. The van der Waals surface area contributed by atoms with Gasteiger partial charge < -0.3 is 20.4 Å². The van der Waals surface area contributed by atoms with E-state index in [0.717, 1.165) is 6.42 Å². The molecule has 0 spiro atoms. The molecule has 2 amide bonds. The minimum atomic E-state index is -0.660. The number of thioether (sulfide) groups is 1. The number of nitrogens with one attached hydrogen (secondary N) is 1. The molecule has 0 saturated carbocycles. The highest BCUT2D eigenvalue weighted by atomic mass is 32.2. The summed E-state index contributed by atoms with van der Waals surface area (Å²) in [5.41, 5.74) is 0. The second kappa shape index (κ2) is 5.07. The summed E-state index contributed by atoms with van der Waals surface area (Å²) in [6.07, 6.45) is 1.25. The number of aliphatic hydroxyl groups excluding tert-OH is 2. The lowest BCUT2D eigenvalue weighted by molar-refractivity contribution is -0.138. The summed E-state index contributed by atoms with van der Waals surface area (Å²) in [5, 5.41) is 20.5. The molecule has 2 heterocycles. The Balaban J connectivity index is 2.05. The summed E-state index contributed by atoms with van der Waals surface area (Å²) in [7, 11) is 0. The van der Waals surface area contributed by atoms with Crippen LogP contribution >= 0.6 is 11.8 Å². The maximum absolute atomic E-state index is 12.1. The Labute approximate surface area is 110 Å². The van der Waals surface area contributed by atoms with Gasteiger partial charge in [-0.2, -0.15) is 0 Å². The highest BCUT2D eigenvalue weighted by Gasteiger charge is 2.52. The minimum Gasteiger partial charge on any atom is -0.394 e. The molecular weight excluding hydrogens is 256 g/mol. The molecule has 102 valence electrons. The fourth-order valence-electron chi connectivity index (χ4n) is 2.46. The number of carbonyl (C=O) groups excluding carboxylic acids is 2. The first-order valence-electron chi connectivity index (χ1n) is 6.00. The molecule has 2 fully saturated rings. The van der Waals surface area contributed by atoms with Gasteiger partial charge in [-0.1, -0.05) is 0 Å². The van der Waals surface area contributed by atoms with Gasteiger partial charge in [0.05, 0.1) is 24.1 Å². The highest BCUT2D eigenvalue weighted by Crippen LogP contribution is 2.47. The SMILES string of the molecule is CC12CCC(=O)N1C(C(=O)NC(CO)CO)CS2. The Morgan fingerprint density at radius 1 is 1.61 bits per heavy atom. The molecule has 6 nitrogen and oxygen atoms in total. The van der Waals surface area contributed by atoms with Crippen molar-refractivity contribution in [2.45, 2.75) is 36.7 Å². The quantitative estimate of drug-likeness (QED) is 0.606. The molecule has 2 saturated heterocycles. The minimum absolute atomic E-state index is 0.00666. The zero-order chi connectivity index (χ0) is 13.3. The van der Waals surface area contributed by atoms with Crippen LogP contribution in [-0.4, -0.2) is 62.8 Å². The average Bonchev–Trinajstić information content (AvgIpc) is 2.84. The predicted octanol–water partition coefficient (Wildman–Crippen LogP) is -1.09. The van der Waals surface area contributed by atoms with E-state index in [9.17, 15) is 9.59 Å². The van der Waals surface area contributed by atoms with Crippen molar-refractivity contribution < 1.29 is 19.8 Å². The maximum Gasteiger partial charge on any atom is 0.244 e. The van der Waals surface area contributed by atoms with E-state index in [2.05, 4.69) is 5.32 Å². The lowest BCUT2D eigenvalue weighted by Gasteiger charge is -2.30. The Morgan fingerprint density at radius 2 is 2.28 bits per heavy atom. The molecule has 0 aromatic heterocycles. The normalized spacial score (nSPS) is 31.0. The second-order valence-electron chi connectivity index (χ2n) is 4.84. The number of aliphatic hydroxyl groups is 2. The molecule has 0 aromatic carbocycles. The molecule has 2 aliphatic rings. The fourth-order valence-corrected chi connectivity index (χ4v) is 3.89. The molecule has 3 N–H and O–H groups in total. The van der Waals surface area contributed by atoms with Crippen LogP contribution < -0.4 is 5.32 Å². The van der Waals surface area contributed by atoms with E-state index < -0.39 is 12.1 Å². The average molecular weight is 274 g/mol. The van der Waals surface area contributed by atoms with Gasteiger partial charge >= 0.3 is 0 Å². The lowest BCUT2D eigenvalue weighted by Crippen LogP contribution is -2.53. The van der Waals surface area contributed by atoms with E-state index in [0.29, 0.717) is 12.2 Å². The van der Waals surface area contributed by atoms with E-state index in [-0.39, 0.29) is 29.9 Å². The topological polar surface area (TPSA) is 89.9 Å². The molecule has 0 bridgehead atoms. The summed E-state index contributed by atoms with van der Waals surface area (Å²) in [4.78, 5) is 25.3. The summed E-state index contributed by atoms with van der Waals surface area (Å²) < 4.78 is 0. The van der Waals surface area contributed by atoms with Crippen molar-refractivity contribution >= 4 is 23.6 Å². The van der Waals surface area contributed by atoms with E-state index in [1.807, 2.05) is 6.92 Å². The number of amides is 2. The van der Waals surface area contributed by atoms with Crippen LogP contribution in [0.1, 0.15) is 19.8 Å².